The number of nitrogens with one attached hydrogen (secondary N) is 3. The lowest BCUT2D eigenvalue weighted by Crippen LogP contribution is -2.57. The van der Waals surface area contributed by atoms with E-state index in [4.69, 9.17) is 33.8 Å². The van der Waals surface area contributed by atoms with Gasteiger partial charge in [-0.2, -0.15) is 0 Å². The molecule has 0 saturated heterocycles. The number of guanidine groups is 2. The first-order valence-electron chi connectivity index (χ1n) is 11.0. The van der Waals surface area contributed by atoms with Gasteiger partial charge in [-0.05, 0) is 32.6 Å². The highest BCUT2D eigenvalue weighted by molar-refractivity contribution is 5.95. The van der Waals surface area contributed by atoms with Crippen molar-refractivity contribution in [2.45, 2.75) is 63.2 Å². The van der Waals surface area contributed by atoms with Crippen LogP contribution in [0.2, 0.25) is 0 Å². The Morgan fingerprint density at radius 3 is 1.69 bits per heavy atom. The van der Waals surface area contributed by atoms with Crippen molar-refractivity contribution in [3.63, 3.8) is 0 Å². The van der Waals surface area contributed by atoms with E-state index in [1.54, 1.807) is 0 Å². The van der Waals surface area contributed by atoms with Crippen LogP contribution in [0.1, 0.15) is 39.0 Å². The summed E-state index contributed by atoms with van der Waals surface area (Å²) in [4.78, 5) is 67.6. The number of carboxylic acids is 2. The van der Waals surface area contributed by atoms with Gasteiger partial charge in [0, 0.05) is 13.1 Å². The van der Waals surface area contributed by atoms with Gasteiger partial charge in [-0.25, -0.2) is 0 Å². The number of carboxylic acid groups (broad SMARTS) is 2. The summed E-state index contributed by atoms with van der Waals surface area (Å²) in [6.45, 7) is 1.55. The number of aliphatic imine (C=N–C) groups is 2. The Hall–Kier alpha value is -4.15. The van der Waals surface area contributed by atoms with Crippen molar-refractivity contribution in [1.29, 1.82) is 0 Å². The molecule has 0 rings (SSSR count). The van der Waals surface area contributed by atoms with Gasteiger partial charge < -0.3 is 54.8 Å². The van der Waals surface area contributed by atoms with E-state index in [0.29, 0.717) is 6.42 Å². The first-order valence-corrected chi connectivity index (χ1v) is 11.0. The molecule has 0 saturated carbocycles. The van der Waals surface area contributed by atoms with Crippen LogP contribution in [0.3, 0.4) is 0 Å². The number of aliphatic carboxylic acids is 2. The number of carbonyl (C=O) groups excluding carboxylic acids is 3. The summed E-state index contributed by atoms with van der Waals surface area (Å²) in [6, 6.07) is -5.18. The smallest absolute Gasteiger partial charge is 0.325 e. The maximum atomic E-state index is 12.8. The SMILES string of the molecule is CC(NC(=O)C(CCCN=C(N)N)NC(=O)C(CC(=O)O)NC(=O)C(N)CCCN=C(N)N)C(=O)O. The van der Waals surface area contributed by atoms with Crippen molar-refractivity contribution >= 4 is 41.6 Å². The van der Waals surface area contributed by atoms with Gasteiger partial charge in [-0.1, -0.05) is 0 Å². The Kier molecular flexibility index (Phi) is 14.6. The van der Waals surface area contributed by atoms with Crippen LogP contribution in [0, 0.1) is 0 Å². The van der Waals surface area contributed by atoms with Crippen molar-refractivity contribution in [3.05, 3.63) is 0 Å². The topological polar surface area (TPSA) is 317 Å². The van der Waals surface area contributed by atoms with Crippen molar-refractivity contribution in [3.8, 4) is 0 Å². The molecule has 17 nitrogen and oxygen atoms in total. The van der Waals surface area contributed by atoms with Crippen molar-refractivity contribution < 1.29 is 34.2 Å². The summed E-state index contributed by atoms with van der Waals surface area (Å²) >= 11 is 0. The molecule has 204 valence electrons. The van der Waals surface area contributed by atoms with Gasteiger partial charge in [0.15, 0.2) is 11.9 Å². The summed E-state index contributed by atoms with van der Waals surface area (Å²) in [5.74, 6) is -5.62. The number of hydrogen-bond donors (Lipinski definition) is 10. The van der Waals surface area contributed by atoms with E-state index in [1.165, 1.54) is 6.92 Å². The van der Waals surface area contributed by atoms with Gasteiger partial charge in [-0.3, -0.25) is 34.0 Å². The van der Waals surface area contributed by atoms with Gasteiger partial charge in [-0.15, -0.1) is 0 Å². The zero-order valence-corrected chi connectivity index (χ0v) is 20.0. The third-order valence-electron chi connectivity index (χ3n) is 4.62. The normalized spacial score (nSPS) is 13.7. The monoisotopic (exact) mass is 516 g/mol. The van der Waals surface area contributed by atoms with Crippen molar-refractivity contribution in [1.82, 2.24) is 16.0 Å². The van der Waals surface area contributed by atoms with Gasteiger partial charge in [0.25, 0.3) is 0 Å². The summed E-state index contributed by atoms with van der Waals surface area (Å²) in [5.41, 5.74) is 26.7. The van der Waals surface area contributed by atoms with Gasteiger partial charge in [0.1, 0.15) is 18.1 Å². The fraction of sp³-hybridized carbons (Fsp3) is 0.632. The molecule has 0 aromatic carbocycles. The minimum absolute atomic E-state index is 0.0151. The first-order chi connectivity index (χ1) is 16.7. The fourth-order valence-corrected chi connectivity index (χ4v) is 2.73. The number of nitrogens with zero attached hydrogens (tertiary/aromatic N) is 2. The molecule has 4 unspecified atom stereocenters. The lowest BCUT2D eigenvalue weighted by Gasteiger charge is -2.24. The summed E-state index contributed by atoms with van der Waals surface area (Å²) in [6.07, 6.45) is -0.103. The van der Waals surface area contributed by atoms with Crippen molar-refractivity contribution in [2.75, 3.05) is 13.1 Å². The highest BCUT2D eigenvalue weighted by Gasteiger charge is 2.30. The maximum Gasteiger partial charge on any atom is 0.325 e. The van der Waals surface area contributed by atoms with Crippen LogP contribution in [0.15, 0.2) is 9.98 Å². The Bertz CT molecular complexity index is 840. The molecule has 0 aliphatic carbocycles. The number of nitrogens with two attached hydrogens (primary N) is 5. The molecule has 0 aliphatic rings. The Morgan fingerprint density at radius 1 is 0.750 bits per heavy atom. The number of rotatable bonds is 17. The standard InChI is InChI=1S/C19H36N10O7/c1-9(17(35)36)27-15(33)11(5-3-7-26-19(23)24)28-16(34)12(8-13(30)31)29-14(32)10(20)4-2-6-25-18(21)22/h9-12H,2-8,20H2,1H3,(H,27,33)(H,28,34)(H,29,32)(H,30,31)(H,35,36)(H4,21,22,25)(H4,23,24,26). The van der Waals surface area contributed by atoms with Gasteiger partial charge >= 0.3 is 11.9 Å². The molecule has 0 spiro atoms. The predicted molar refractivity (Wildman–Crippen MR) is 129 cm³/mol. The molecule has 0 fully saturated rings. The first kappa shape index (κ1) is 31.8. The van der Waals surface area contributed by atoms with Crippen LogP contribution in [-0.4, -0.2) is 89.0 Å². The third kappa shape index (κ3) is 14.2. The van der Waals surface area contributed by atoms with E-state index in [0.717, 1.165) is 0 Å². The Labute approximate surface area is 207 Å². The molecule has 0 aliphatic heterocycles. The number of amides is 3. The molecule has 17 heteroatoms. The molecule has 15 N–H and O–H groups in total. The Balaban J connectivity index is 5.38. The molecular weight excluding hydrogens is 480 g/mol. The fourth-order valence-electron chi connectivity index (χ4n) is 2.73. The van der Waals surface area contributed by atoms with Gasteiger partial charge in [0.2, 0.25) is 17.7 Å². The second kappa shape index (κ2) is 16.5. The van der Waals surface area contributed by atoms with Gasteiger partial charge in [0.05, 0.1) is 12.5 Å². The van der Waals surface area contributed by atoms with Crippen LogP contribution in [0.25, 0.3) is 0 Å². The largest absolute Gasteiger partial charge is 0.481 e. The summed E-state index contributed by atoms with van der Waals surface area (Å²) in [5, 5.41) is 25.0. The molecule has 0 aromatic rings. The molecular formula is C19H36N10O7. The third-order valence-corrected chi connectivity index (χ3v) is 4.62. The lowest BCUT2D eigenvalue weighted by atomic mass is 10.1. The van der Waals surface area contributed by atoms with Crippen LogP contribution in [0.4, 0.5) is 0 Å². The zero-order valence-electron chi connectivity index (χ0n) is 20.0. The average Bonchev–Trinajstić information content (AvgIpc) is 2.76. The summed E-state index contributed by atoms with van der Waals surface area (Å²) in [7, 11) is 0. The molecule has 0 heterocycles. The zero-order chi connectivity index (χ0) is 27.8. The maximum absolute atomic E-state index is 12.8. The van der Waals surface area contributed by atoms with Crippen LogP contribution in [0.5, 0.6) is 0 Å². The molecule has 0 bridgehead atoms. The second-order valence-electron chi connectivity index (χ2n) is 7.79. The molecule has 3 amide bonds. The number of carbonyl (C=O) groups is 5. The minimum Gasteiger partial charge on any atom is -0.481 e. The van der Waals surface area contributed by atoms with E-state index in [2.05, 4.69) is 25.9 Å². The van der Waals surface area contributed by atoms with Crippen LogP contribution in [-0.2, 0) is 24.0 Å². The van der Waals surface area contributed by atoms with Crippen molar-refractivity contribution in [2.24, 2.45) is 38.7 Å². The van der Waals surface area contributed by atoms with E-state index in [9.17, 15) is 29.1 Å². The van der Waals surface area contributed by atoms with Crippen LogP contribution < -0.4 is 44.6 Å². The molecule has 4 atom stereocenters. The van der Waals surface area contributed by atoms with Crippen LogP contribution >= 0.6 is 0 Å². The molecule has 36 heavy (non-hydrogen) atoms. The average molecular weight is 517 g/mol. The minimum atomic E-state index is -1.57. The molecule has 0 radical (unpaired) electrons. The van der Waals surface area contributed by atoms with E-state index in [1.807, 2.05) is 0 Å². The molecule has 0 aromatic heterocycles. The lowest BCUT2D eigenvalue weighted by molar-refractivity contribution is -0.143. The predicted octanol–water partition coefficient (Wildman–Crippen LogP) is -4.55. The van der Waals surface area contributed by atoms with E-state index >= 15 is 0 Å². The highest BCUT2D eigenvalue weighted by atomic mass is 16.4. The van der Waals surface area contributed by atoms with E-state index < -0.39 is 60.2 Å². The highest BCUT2D eigenvalue weighted by Crippen LogP contribution is 2.04. The number of hydrogen-bond acceptors (Lipinski definition) is 8. The Morgan fingerprint density at radius 2 is 1.22 bits per heavy atom. The van der Waals surface area contributed by atoms with E-state index in [-0.39, 0.29) is 44.3 Å². The second-order valence-corrected chi connectivity index (χ2v) is 7.79. The summed E-state index contributed by atoms with van der Waals surface area (Å²) < 4.78 is 0. The quantitative estimate of drug-likeness (QED) is 0.0496.